The van der Waals surface area contributed by atoms with E-state index >= 15 is 0 Å². The van der Waals surface area contributed by atoms with Crippen LogP contribution in [0, 0.1) is 5.92 Å². The van der Waals surface area contributed by atoms with Crippen molar-refractivity contribution in [1.29, 1.82) is 0 Å². The molecule has 1 aliphatic rings. The summed E-state index contributed by atoms with van der Waals surface area (Å²) in [5.74, 6) is 0.635. The molecule has 1 unspecified atom stereocenters. The Morgan fingerprint density at radius 2 is 2.30 bits per heavy atom. The summed E-state index contributed by atoms with van der Waals surface area (Å²) >= 11 is 0. The van der Waals surface area contributed by atoms with Gasteiger partial charge in [-0.3, -0.25) is 9.20 Å². The van der Waals surface area contributed by atoms with Crippen LogP contribution in [-0.4, -0.2) is 39.7 Å². The molecule has 1 aliphatic heterocycles. The molecule has 23 heavy (non-hydrogen) atoms. The van der Waals surface area contributed by atoms with E-state index in [9.17, 15) is 9.59 Å². The average molecular weight is 340 g/mol. The number of nitrogens with zero attached hydrogens (tertiary/aromatic N) is 3. The number of carbonyl (C=O) groups excluding carboxylic acids is 1. The summed E-state index contributed by atoms with van der Waals surface area (Å²) < 4.78 is 2.82. The lowest BCUT2D eigenvalue weighted by Gasteiger charge is -2.09. The topological polar surface area (TPSA) is 80.4 Å². The van der Waals surface area contributed by atoms with Crippen LogP contribution in [0.4, 0.5) is 0 Å². The van der Waals surface area contributed by atoms with Crippen LogP contribution in [-0.2, 0) is 11.3 Å². The summed E-state index contributed by atoms with van der Waals surface area (Å²) in [7, 11) is 0. The van der Waals surface area contributed by atoms with E-state index in [4.69, 9.17) is 0 Å². The zero-order valence-electron chi connectivity index (χ0n) is 12.9. The van der Waals surface area contributed by atoms with Gasteiger partial charge in [-0.2, -0.15) is 0 Å². The van der Waals surface area contributed by atoms with Crippen molar-refractivity contribution >= 4 is 24.0 Å². The molecule has 0 spiro atoms. The smallest absolute Gasteiger partial charge is 0.350 e. The molecule has 2 aromatic rings. The SMILES string of the molecule is Cl.O=C(CCn1nc2ccccn2c1=O)NCCC1CCNC1. The second-order valence-electron chi connectivity index (χ2n) is 5.68. The first-order chi connectivity index (χ1) is 10.7. The minimum Gasteiger partial charge on any atom is -0.356 e. The molecule has 8 heteroatoms. The fourth-order valence-corrected chi connectivity index (χ4v) is 2.79. The van der Waals surface area contributed by atoms with Gasteiger partial charge >= 0.3 is 5.69 Å². The first-order valence-electron chi connectivity index (χ1n) is 7.75. The van der Waals surface area contributed by atoms with Crippen LogP contribution in [0.15, 0.2) is 29.2 Å². The maximum Gasteiger partial charge on any atom is 0.350 e. The van der Waals surface area contributed by atoms with Crippen molar-refractivity contribution in [2.45, 2.75) is 25.8 Å². The van der Waals surface area contributed by atoms with Crippen molar-refractivity contribution in [2.24, 2.45) is 5.92 Å². The highest BCUT2D eigenvalue weighted by atomic mass is 35.5. The van der Waals surface area contributed by atoms with E-state index in [-0.39, 0.29) is 30.4 Å². The molecule has 1 saturated heterocycles. The third kappa shape index (κ3) is 4.33. The Labute approximate surface area is 140 Å². The molecule has 2 N–H and O–H groups in total. The predicted octanol–water partition coefficient (Wildman–Crippen LogP) is 0.424. The molecule has 3 heterocycles. The van der Waals surface area contributed by atoms with Crippen molar-refractivity contribution in [3.63, 3.8) is 0 Å². The Bertz CT molecular complexity index is 705. The van der Waals surface area contributed by atoms with Gasteiger partial charge in [0.25, 0.3) is 0 Å². The van der Waals surface area contributed by atoms with Gasteiger partial charge in [0.05, 0.1) is 6.54 Å². The number of carbonyl (C=O) groups is 1. The molecular weight excluding hydrogens is 318 g/mol. The number of halogens is 1. The molecule has 0 saturated carbocycles. The van der Waals surface area contributed by atoms with Crippen LogP contribution in [0.3, 0.4) is 0 Å². The van der Waals surface area contributed by atoms with E-state index in [1.54, 1.807) is 18.3 Å². The number of fused-ring (bicyclic) bond motifs is 1. The highest BCUT2D eigenvalue weighted by Gasteiger charge is 2.14. The summed E-state index contributed by atoms with van der Waals surface area (Å²) in [5.41, 5.74) is 0.391. The lowest BCUT2D eigenvalue weighted by atomic mass is 10.1. The number of pyridine rings is 1. The van der Waals surface area contributed by atoms with E-state index in [1.165, 1.54) is 15.5 Å². The largest absolute Gasteiger partial charge is 0.356 e. The Kier molecular flexibility index (Phi) is 6.18. The molecule has 3 rings (SSSR count). The van der Waals surface area contributed by atoms with Gasteiger partial charge in [0.2, 0.25) is 5.91 Å². The highest BCUT2D eigenvalue weighted by Crippen LogP contribution is 2.10. The Hall–Kier alpha value is -1.86. The van der Waals surface area contributed by atoms with Crippen molar-refractivity contribution < 1.29 is 4.79 Å². The van der Waals surface area contributed by atoms with Crippen LogP contribution in [0.2, 0.25) is 0 Å². The van der Waals surface area contributed by atoms with Crippen LogP contribution < -0.4 is 16.3 Å². The molecule has 1 atom stereocenters. The second-order valence-corrected chi connectivity index (χ2v) is 5.68. The average Bonchev–Trinajstić information content (AvgIpc) is 3.14. The number of rotatable bonds is 6. The predicted molar refractivity (Wildman–Crippen MR) is 89.9 cm³/mol. The third-order valence-corrected chi connectivity index (χ3v) is 4.08. The second kappa shape index (κ2) is 8.12. The van der Waals surface area contributed by atoms with Crippen LogP contribution in [0.25, 0.3) is 5.65 Å². The molecule has 0 bridgehead atoms. The van der Waals surface area contributed by atoms with Crippen molar-refractivity contribution in [1.82, 2.24) is 24.8 Å². The normalized spacial score (nSPS) is 17.1. The van der Waals surface area contributed by atoms with E-state index in [1.807, 2.05) is 6.07 Å². The van der Waals surface area contributed by atoms with Gasteiger partial charge in [0.15, 0.2) is 5.65 Å². The summed E-state index contributed by atoms with van der Waals surface area (Å²) in [6, 6.07) is 5.38. The molecule has 126 valence electrons. The number of nitrogens with one attached hydrogen (secondary N) is 2. The van der Waals surface area contributed by atoms with Gasteiger partial charge in [-0.05, 0) is 44.0 Å². The maximum atomic E-state index is 12.1. The van der Waals surface area contributed by atoms with E-state index in [0.717, 1.165) is 19.5 Å². The Morgan fingerprint density at radius 1 is 1.43 bits per heavy atom. The summed E-state index contributed by atoms with van der Waals surface area (Å²) in [6.45, 7) is 3.13. The molecule has 0 aromatic carbocycles. The Morgan fingerprint density at radius 3 is 3.04 bits per heavy atom. The number of aromatic nitrogens is 3. The van der Waals surface area contributed by atoms with E-state index in [0.29, 0.717) is 24.7 Å². The zero-order valence-corrected chi connectivity index (χ0v) is 13.7. The van der Waals surface area contributed by atoms with Gasteiger partial charge in [0.1, 0.15) is 0 Å². The van der Waals surface area contributed by atoms with Crippen LogP contribution >= 0.6 is 12.4 Å². The van der Waals surface area contributed by atoms with Crippen LogP contribution in [0.1, 0.15) is 19.3 Å². The van der Waals surface area contributed by atoms with Gasteiger partial charge in [0, 0.05) is 19.2 Å². The number of aryl methyl sites for hydroxylation is 1. The summed E-state index contributed by atoms with van der Waals surface area (Å²) in [4.78, 5) is 23.9. The van der Waals surface area contributed by atoms with E-state index in [2.05, 4.69) is 15.7 Å². The first-order valence-corrected chi connectivity index (χ1v) is 7.75. The van der Waals surface area contributed by atoms with Crippen molar-refractivity contribution in [3.8, 4) is 0 Å². The molecular formula is C15H22ClN5O2. The van der Waals surface area contributed by atoms with Gasteiger partial charge in [-0.25, -0.2) is 9.48 Å². The summed E-state index contributed by atoms with van der Waals surface area (Å²) in [6.07, 6.45) is 4.14. The number of hydrogen-bond donors (Lipinski definition) is 2. The van der Waals surface area contributed by atoms with Crippen molar-refractivity contribution in [2.75, 3.05) is 19.6 Å². The van der Waals surface area contributed by atoms with Gasteiger partial charge in [-0.15, -0.1) is 17.5 Å². The lowest BCUT2D eigenvalue weighted by molar-refractivity contribution is -0.121. The fraction of sp³-hybridized carbons (Fsp3) is 0.533. The lowest BCUT2D eigenvalue weighted by Crippen LogP contribution is -2.29. The maximum absolute atomic E-state index is 12.1. The molecule has 0 aliphatic carbocycles. The fourth-order valence-electron chi connectivity index (χ4n) is 2.79. The highest BCUT2D eigenvalue weighted by molar-refractivity contribution is 5.85. The quantitative estimate of drug-likeness (QED) is 0.799. The molecule has 1 amide bonds. The standard InChI is InChI=1S/C15H21N5O2.ClH/c21-14(17-8-5-12-4-7-16-11-12)6-10-20-15(22)19-9-2-1-3-13(19)18-20;/h1-3,9,12,16H,4-8,10-11H2,(H,17,21);1H. The zero-order chi connectivity index (χ0) is 15.4. The number of amides is 1. The van der Waals surface area contributed by atoms with E-state index < -0.39 is 0 Å². The monoisotopic (exact) mass is 339 g/mol. The van der Waals surface area contributed by atoms with Gasteiger partial charge < -0.3 is 10.6 Å². The molecule has 2 aromatic heterocycles. The van der Waals surface area contributed by atoms with Crippen molar-refractivity contribution in [3.05, 3.63) is 34.9 Å². The number of hydrogen-bond acceptors (Lipinski definition) is 4. The minimum absolute atomic E-state index is 0. The molecule has 0 radical (unpaired) electrons. The Balaban J connectivity index is 0.00000192. The van der Waals surface area contributed by atoms with Gasteiger partial charge in [-0.1, -0.05) is 6.07 Å². The summed E-state index contributed by atoms with van der Waals surface area (Å²) in [5, 5.41) is 10.4. The molecule has 1 fully saturated rings. The minimum atomic E-state index is -0.208. The third-order valence-electron chi connectivity index (χ3n) is 4.08. The molecule has 7 nitrogen and oxygen atoms in total. The first kappa shape index (κ1) is 17.5. The van der Waals surface area contributed by atoms with Crippen LogP contribution in [0.5, 0.6) is 0 Å².